The third kappa shape index (κ3) is 4.09. The van der Waals surface area contributed by atoms with Crippen LogP contribution >= 0.6 is 11.8 Å². The predicted molar refractivity (Wildman–Crippen MR) is 101 cm³/mol. The van der Waals surface area contributed by atoms with Crippen molar-refractivity contribution in [3.63, 3.8) is 0 Å². The summed E-state index contributed by atoms with van der Waals surface area (Å²) in [6.07, 6.45) is 3.07. The lowest BCUT2D eigenvalue weighted by molar-refractivity contribution is -0.384. The molecule has 1 aromatic carbocycles. The lowest BCUT2D eigenvalue weighted by Gasteiger charge is -2.03. The maximum absolute atomic E-state index is 12.3. The van der Waals surface area contributed by atoms with Gasteiger partial charge in [0.15, 0.2) is 0 Å². The Kier molecular flexibility index (Phi) is 5.41. The predicted octanol–water partition coefficient (Wildman–Crippen LogP) is 4.38. The van der Waals surface area contributed by atoms with Crippen LogP contribution in [-0.4, -0.2) is 27.6 Å². The van der Waals surface area contributed by atoms with Crippen LogP contribution in [0.5, 0.6) is 0 Å². The van der Waals surface area contributed by atoms with Gasteiger partial charge < -0.3 is 14.3 Å². The summed E-state index contributed by atoms with van der Waals surface area (Å²) >= 11 is 1.08. The highest BCUT2D eigenvalue weighted by molar-refractivity contribution is 8.18. The number of aliphatic hydroxyl groups excluding tert-OH is 1. The van der Waals surface area contributed by atoms with Crippen molar-refractivity contribution >= 4 is 40.2 Å². The maximum Gasteiger partial charge on any atom is 0.344 e. The van der Waals surface area contributed by atoms with E-state index in [1.807, 2.05) is 0 Å². The number of furan rings is 1. The molecule has 0 saturated carbocycles. The summed E-state index contributed by atoms with van der Waals surface area (Å²) in [6.45, 7) is 1.80. The van der Waals surface area contributed by atoms with Crippen molar-refractivity contribution in [2.45, 2.75) is 6.92 Å². The van der Waals surface area contributed by atoms with E-state index in [1.54, 1.807) is 25.1 Å². The standard InChI is InChI=1S/C18H14N2O6S/c1-2-25-18(22)15-16(21)14(10-13-4-3-9-26-13)27-17(15)19-11-5-7-12(8-6-11)20(23)24/h3-10,21H,2H2,1H3. The molecule has 1 aromatic heterocycles. The number of carbonyl (C=O) groups excluding carboxylic acids is 1. The molecule has 3 rings (SSSR count). The number of non-ortho nitro benzene ring substituents is 1. The number of rotatable bonds is 5. The molecule has 2 heterocycles. The lowest BCUT2D eigenvalue weighted by Crippen LogP contribution is -2.12. The molecule has 0 spiro atoms. The Morgan fingerprint density at radius 1 is 1.37 bits per heavy atom. The lowest BCUT2D eigenvalue weighted by atomic mass is 10.2. The number of carbonyl (C=O) groups is 1. The number of thioether (sulfide) groups is 1. The summed E-state index contributed by atoms with van der Waals surface area (Å²) < 4.78 is 10.2. The first-order valence-electron chi connectivity index (χ1n) is 7.87. The minimum atomic E-state index is -0.703. The number of benzene rings is 1. The van der Waals surface area contributed by atoms with Gasteiger partial charge in [-0.1, -0.05) is 11.8 Å². The van der Waals surface area contributed by atoms with E-state index in [2.05, 4.69) is 4.99 Å². The van der Waals surface area contributed by atoms with E-state index in [1.165, 1.54) is 30.5 Å². The molecule has 0 unspecified atom stereocenters. The molecule has 0 fully saturated rings. The van der Waals surface area contributed by atoms with Crippen molar-refractivity contribution in [2.24, 2.45) is 4.99 Å². The largest absolute Gasteiger partial charge is 0.506 e. The molecule has 0 radical (unpaired) electrons. The number of nitro groups is 1. The summed E-state index contributed by atoms with van der Waals surface area (Å²) in [7, 11) is 0. The molecule has 1 aliphatic heterocycles. The third-order valence-electron chi connectivity index (χ3n) is 3.48. The van der Waals surface area contributed by atoms with Crippen LogP contribution in [0.1, 0.15) is 12.7 Å². The zero-order valence-electron chi connectivity index (χ0n) is 14.1. The molecular formula is C18H14N2O6S. The van der Waals surface area contributed by atoms with Gasteiger partial charge in [-0.2, -0.15) is 0 Å². The summed E-state index contributed by atoms with van der Waals surface area (Å²) in [6, 6.07) is 8.94. The number of hydrogen-bond donors (Lipinski definition) is 1. The summed E-state index contributed by atoms with van der Waals surface area (Å²) in [5.74, 6) is -0.453. The third-order valence-corrected chi connectivity index (χ3v) is 4.50. The van der Waals surface area contributed by atoms with Gasteiger partial charge in [-0.25, -0.2) is 9.79 Å². The topological polar surface area (TPSA) is 115 Å². The van der Waals surface area contributed by atoms with E-state index in [-0.39, 0.29) is 28.7 Å². The van der Waals surface area contributed by atoms with Crippen LogP contribution in [0.4, 0.5) is 11.4 Å². The second kappa shape index (κ2) is 7.92. The zero-order chi connectivity index (χ0) is 19.4. The molecule has 8 nitrogen and oxygen atoms in total. The van der Waals surface area contributed by atoms with Gasteiger partial charge in [-0.05, 0) is 37.3 Å². The van der Waals surface area contributed by atoms with E-state index in [9.17, 15) is 20.0 Å². The average molecular weight is 386 g/mol. The van der Waals surface area contributed by atoms with Crippen molar-refractivity contribution in [3.8, 4) is 0 Å². The second-order valence-electron chi connectivity index (χ2n) is 5.26. The minimum absolute atomic E-state index is 0.0574. The van der Waals surface area contributed by atoms with Crippen molar-refractivity contribution in [2.75, 3.05) is 6.61 Å². The van der Waals surface area contributed by atoms with Crippen LogP contribution in [0.15, 0.2) is 68.3 Å². The SMILES string of the molecule is CCOC(=O)C1=C(O)C(=Cc2ccco2)SC1=Nc1ccc([N+](=O)[O-])cc1. The van der Waals surface area contributed by atoms with Gasteiger partial charge in [0.05, 0.1) is 28.4 Å². The highest BCUT2D eigenvalue weighted by Gasteiger charge is 2.33. The van der Waals surface area contributed by atoms with Crippen LogP contribution in [0.3, 0.4) is 0 Å². The number of nitro benzene ring substituents is 1. The maximum atomic E-state index is 12.3. The van der Waals surface area contributed by atoms with Crippen molar-refractivity contribution in [3.05, 3.63) is 74.8 Å². The fourth-order valence-corrected chi connectivity index (χ4v) is 3.28. The molecule has 9 heteroatoms. The van der Waals surface area contributed by atoms with E-state index in [0.717, 1.165) is 11.8 Å². The van der Waals surface area contributed by atoms with Gasteiger partial charge in [-0.3, -0.25) is 10.1 Å². The first kappa shape index (κ1) is 18.5. The normalized spacial score (nSPS) is 16.9. The molecule has 0 atom stereocenters. The number of aliphatic hydroxyl groups is 1. The molecule has 138 valence electrons. The summed E-state index contributed by atoms with van der Waals surface area (Å²) in [4.78, 5) is 27.2. The Bertz CT molecular complexity index is 958. The average Bonchev–Trinajstić information content (AvgIpc) is 3.24. The van der Waals surface area contributed by atoms with Crippen LogP contribution in [0.2, 0.25) is 0 Å². The van der Waals surface area contributed by atoms with Crippen LogP contribution < -0.4 is 0 Å². The number of aliphatic imine (C=N–C) groups is 1. The molecule has 0 bridgehead atoms. The summed E-state index contributed by atoms with van der Waals surface area (Å²) in [5.41, 5.74) is 0.274. The van der Waals surface area contributed by atoms with E-state index < -0.39 is 10.9 Å². The smallest absolute Gasteiger partial charge is 0.344 e. The number of ether oxygens (including phenoxy) is 1. The zero-order valence-corrected chi connectivity index (χ0v) is 14.9. The van der Waals surface area contributed by atoms with Gasteiger partial charge >= 0.3 is 5.97 Å². The Morgan fingerprint density at radius 2 is 2.11 bits per heavy atom. The van der Waals surface area contributed by atoms with Gasteiger partial charge in [0, 0.05) is 12.1 Å². The second-order valence-corrected chi connectivity index (χ2v) is 6.29. The molecule has 2 aromatic rings. The van der Waals surface area contributed by atoms with E-state index >= 15 is 0 Å². The Labute approximate surface area is 158 Å². The minimum Gasteiger partial charge on any atom is -0.506 e. The number of hydrogen-bond acceptors (Lipinski definition) is 8. The molecule has 0 amide bonds. The molecule has 27 heavy (non-hydrogen) atoms. The van der Waals surface area contributed by atoms with E-state index in [4.69, 9.17) is 9.15 Å². The number of esters is 1. The quantitative estimate of drug-likeness (QED) is 0.460. The Morgan fingerprint density at radius 3 is 2.70 bits per heavy atom. The van der Waals surface area contributed by atoms with Gasteiger partial charge in [0.2, 0.25) is 0 Å². The highest BCUT2D eigenvalue weighted by atomic mass is 32.2. The fourth-order valence-electron chi connectivity index (χ4n) is 2.26. The van der Waals surface area contributed by atoms with Crippen LogP contribution in [0, 0.1) is 10.1 Å². The highest BCUT2D eigenvalue weighted by Crippen LogP contribution is 2.40. The first-order valence-corrected chi connectivity index (χ1v) is 8.68. The van der Waals surface area contributed by atoms with Crippen molar-refractivity contribution < 1.29 is 24.0 Å². The van der Waals surface area contributed by atoms with Crippen LogP contribution in [0.25, 0.3) is 6.08 Å². The molecular weight excluding hydrogens is 372 g/mol. The summed E-state index contributed by atoms with van der Waals surface area (Å²) in [5, 5.41) is 21.5. The number of nitrogens with zero attached hydrogens (tertiary/aromatic N) is 2. The van der Waals surface area contributed by atoms with Crippen LogP contribution in [-0.2, 0) is 9.53 Å². The van der Waals surface area contributed by atoms with Crippen molar-refractivity contribution in [1.29, 1.82) is 0 Å². The molecule has 1 aliphatic rings. The Balaban J connectivity index is 2.00. The molecule has 0 aliphatic carbocycles. The van der Waals surface area contributed by atoms with Gasteiger partial charge in [0.1, 0.15) is 22.1 Å². The first-order chi connectivity index (χ1) is 13.0. The molecule has 1 N–H and O–H groups in total. The van der Waals surface area contributed by atoms with Gasteiger partial charge in [0.25, 0.3) is 5.69 Å². The fraction of sp³-hybridized carbons (Fsp3) is 0.111. The van der Waals surface area contributed by atoms with Crippen molar-refractivity contribution in [1.82, 2.24) is 0 Å². The molecule has 0 saturated heterocycles. The monoisotopic (exact) mass is 386 g/mol. The Hall–Kier alpha value is -3.33. The van der Waals surface area contributed by atoms with E-state index in [0.29, 0.717) is 16.4 Å². The van der Waals surface area contributed by atoms with Gasteiger partial charge in [-0.15, -0.1) is 0 Å².